The van der Waals surface area contributed by atoms with E-state index in [-0.39, 0.29) is 16.9 Å². The Morgan fingerprint density at radius 1 is 1.21 bits per heavy atom. The number of aliphatic hydroxyl groups excluding tert-OH is 2. The molecule has 0 saturated carbocycles. The van der Waals surface area contributed by atoms with E-state index in [4.69, 9.17) is 9.84 Å². The van der Waals surface area contributed by atoms with Gasteiger partial charge in [0, 0.05) is 5.56 Å². The van der Waals surface area contributed by atoms with Gasteiger partial charge < -0.3 is 24.8 Å². The smallest absolute Gasteiger partial charge is 0.337 e. The molecular formula is C12H14O7. The molecule has 7 nitrogen and oxygen atoms in total. The fourth-order valence-corrected chi connectivity index (χ4v) is 1.52. The normalized spacial score (nSPS) is 13.5. The minimum absolute atomic E-state index is 0.0136. The molecule has 0 spiro atoms. The molecule has 1 rings (SSSR count). The van der Waals surface area contributed by atoms with Gasteiger partial charge in [-0.05, 0) is 18.2 Å². The van der Waals surface area contributed by atoms with Crippen LogP contribution in [0.1, 0.15) is 22.0 Å². The maximum absolute atomic E-state index is 11.2. The number of benzene rings is 1. The quantitative estimate of drug-likeness (QED) is 0.643. The van der Waals surface area contributed by atoms with Gasteiger partial charge in [-0.3, -0.25) is 0 Å². The third kappa shape index (κ3) is 3.21. The zero-order valence-corrected chi connectivity index (χ0v) is 10.4. The lowest BCUT2D eigenvalue weighted by Crippen LogP contribution is -2.29. The topological polar surface area (TPSA) is 113 Å². The van der Waals surface area contributed by atoms with Crippen molar-refractivity contribution < 1.29 is 34.4 Å². The van der Waals surface area contributed by atoms with E-state index >= 15 is 0 Å². The molecule has 19 heavy (non-hydrogen) atoms. The van der Waals surface area contributed by atoms with Crippen LogP contribution in [0.2, 0.25) is 0 Å². The predicted octanol–water partition coefficient (Wildman–Crippen LogP) is -0.0393. The first kappa shape index (κ1) is 14.9. The van der Waals surface area contributed by atoms with E-state index < -0.39 is 24.1 Å². The summed E-state index contributed by atoms with van der Waals surface area (Å²) in [7, 11) is 2.37. The van der Waals surface area contributed by atoms with Crippen molar-refractivity contribution in [3.63, 3.8) is 0 Å². The monoisotopic (exact) mass is 270 g/mol. The highest BCUT2D eigenvalue weighted by molar-refractivity contribution is 5.88. The number of rotatable bonds is 5. The van der Waals surface area contributed by atoms with Gasteiger partial charge in [-0.1, -0.05) is 0 Å². The van der Waals surface area contributed by atoms with Gasteiger partial charge in [0.1, 0.15) is 11.9 Å². The fraction of sp³-hybridized carbons (Fsp3) is 0.333. The number of hydrogen-bond donors (Lipinski definition) is 3. The number of carbonyl (C=O) groups excluding carboxylic acids is 1. The molecule has 0 heterocycles. The summed E-state index contributed by atoms with van der Waals surface area (Å²) in [5, 5.41) is 28.3. The molecule has 0 radical (unpaired) electrons. The van der Waals surface area contributed by atoms with Crippen LogP contribution in [0.5, 0.6) is 5.75 Å². The molecule has 2 atom stereocenters. The van der Waals surface area contributed by atoms with Gasteiger partial charge in [-0.2, -0.15) is 0 Å². The number of carboxylic acid groups (broad SMARTS) is 1. The Labute approximate surface area is 109 Å². The summed E-state index contributed by atoms with van der Waals surface area (Å²) in [6.07, 6.45) is -3.48. The van der Waals surface area contributed by atoms with Gasteiger partial charge in [0.25, 0.3) is 0 Å². The number of aliphatic hydroxyl groups is 2. The molecule has 1 aromatic rings. The Kier molecular flexibility index (Phi) is 4.85. The van der Waals surface area contributed by atoms with Crippen LogP contribution in [0, 0.1) is 0 Å². The highest BCUT2D eigenvalue weighted by atomic mass is 16.5. The third-order valence-corrected chi connectivity index (χ3v) is 2.54. The Bertz CT molecular complexity index is 483. The summed E-state index contributed by atoms with van der Waals surface area (Å²) in [6.45, 7) is 0. The second kappa shape index (κ2) is 6.17. The van der Waals surface area contributed by atoms with Crippen LogP contribution in [0.4, 0.5) is 0 Å². The van der Waals surface area contributed by atoms with E-state index in [9.17, 15) is 19.8 Å². The summed E-state index contributed by atoms with van der Waals surface area (Å²) in [4.78, 5) is 22.0. The van der Waals surface area contributed by atoms with Gasteiger partial charge >= 0.3 is 11.9 Å². The average Bonchev–Trinajstić information content (AvgIpc) is 2.43. The molecule has 2 unspecified atom stereocenters. The number of carboxylic acids is 1. The van der Waals surface area contributed by atoms with Gasteiger partial charge in [-0.15, -0.1) is 0 Å². The molecule has 0 saturated heterocycles. The van der Waals surface area contributed by atoms with E-state index in [1.54, 1.807) is 0 Å². The Morgan fingerprint density at radius 3 is 2.32 bits per heavy atom. The lowest BCUT2D eigenvalue weighted by atomic mass is 10.0. The molecule has 7 heteroatoms. The Hall–Kier alpha value is -2.12. The number of aromatic carboxylic acids is 1. The van der Waals surface area contributed by atoms with E-state index in [0.29, 0.717) is 0 Å². The van der Waals surface area contributed by atoms with Crippen LogP contribution < -0.4 is 4.74 Å². The first-order valence-electron chi connectivity index (χ1n) is 5.27. The second-order valence-corrected chi connectivity index (χ2v) is 3.67. The lowest BCUT2D eigenvalue weighted by Gasteiger charge is -2.18. The van der Waals surface area contributed by atoms with Gasteiger partial charge in [0.05, 0.1) is 19.8 Å². The minimum atomic E-state index is -1.83. The Morgan fingerprint density at radius 2 is 1.84 bits per heavy atom. The summed E-state index contributed by atoms with van der Waals surface area (Å²) in [6, 6.07) is 3.73. The fourth-order valence-electron chi connectivity index (χ4n) is 1.52. The largest absolute Gasteiger partial charge is 0.496 e. The van der Waals surface area contributed by atoms with Crippen molar-refractivity contribution in [3.05, 3.63) is 29.3 Å². The van der Waals surface area contributed by atoms with Crippen LogP contribution in [0.25, 0.3) is 0 Å². The van der Waals surface area contributed by atoms with E-state index in [1.165, 1.54) is 19.2 Å². The summed E-state index contributed by atoms with van der Waals surface area (Å²) in [5.41, 5.74) is -0.118. The van der Waals surface area contributed by atoms with Crippen LogP contribution in [-0.4, -0.2) is 47.6 Å². The summed E-state index contributed by atoms with van der Waals surface area (Å²) in [5.74, 6) is -2.08. The zero-order valence-electron chi connectivity index (χ0n) is 10.4. The summed E-state index contributed by atoms with van der Waals surface area (Å²) < 4.78 is 9.25. The van der Waals surface area contributed by atoms with E-state index in [2.05, 4.69) is 4.74 Å². The first-order valence-corrected chi connectivity index (χ1v) is 5.27. The van der Waals surface area contributed by atoms with Crippen molar-refractivity contribution in [1.82, 2.24) is 0 Å². The molecule has 0 aromatic heterocycles. The molecule has 3 N–H and O–H groups in total. The van der Waals surface area contributed by atoms with E-state index in [1.807, 2.05) is 0 Å². The molecule has 0 bridgehead atoms. The molecule has 0 aliphatic carbocycles. The number of hydrogen-bond acceptors (Lipinski definition) is 6. The Balaban J connectivity index is 3.19. The molecule has 0 aliphatic heterocycles. The number of methoxy groups -OCH3 is 2. The second-order valence-electron chi connectivity index (χ2n) is 3.67. The third-order valence-electron chi connectivity index (χ3n) is 2.54. The minimum Gasteiger partial charge on any atom is -0.496 e. The van der Waals surface area contributed by atoms with Crippen molar-refractivity contribution >= 4 is 11.9 Å². The number of ether oxygens (including phenoxy) is 2. The van der Waals surface area contributed by atoms with Crippen LogP contribution in [-0.2, 0) is 9.53 Å². The molecule has 1 aromatic carbocycles. The number of carbonyl (C=O) groups is 2. The molecule has 104 valence electrons. The average molecular weight is 270 g/mol. The SMILES string of the molecule is COC(=O)C(O)C(O)c1cc(C(=O)O)ccc1OC. The highest BCUT2D eigenvalue weighted by Gasteiger charge is 2.29. The maximum Gasteiger partial charge on any atom is 0.337 e. The number of esters is 1. The molecular weight excluding hydrogens is 256 g/mol. The van der Waals surface area contributed by atoms with E-state index in [0.717, 1.165) is 13.2 Å². The lowest BCUT2D eigenvalue weighted by molar-refractivity contribution is -0.156. The van der Waals surface area contributed by atoms with Crippen molar-refractivity contribution in [2.45, 2.75) is 12.2 Å². The first-order chi connectivity index (χ1) is 8.92. The van der Waals surface area contributed by atoms with Crippen molar-refractivity contribution in [3.8, 4) is 5.75 Å². The van der Waals surface area contributed by atoms with Crippen molar-refractivity contribution in [2.75, 3.05) is 14.2 Å². The highest BCUT2D eigenvalue weighted by Crippen LogP contribution is 2.29. The van der Waals surface area contributed by atoms with Gasteiger partial charge in [-0.25, -0.2) is 9.59 Å². The van der Waals surface area contributed by atoms with Crippen molar-refractivity contribution in [2.24, 2.45) is 0 Å². The van der Waals surface area contributed by atoms with Crippen molar-refractivity contribution in [1.29, 1.82) is 0 Å². The van der Waals surface area contributed by atoms with Gasteiger partial charge in [0.2, 0.25) is 0 Å². The maximum atomic E-state index is 11.2. The zero-order chi connectivity index (χ0) is 14.6. The summed E-state index contributed by atoms with van der Waals surface area (Å²) >= 11 is 0. The van der Waals surface area contributed by atoms with Crippen LogP contribution >= 0.6 is 0 Å². The molecule has 0 amide bonds. The standard InChI is InChI=1S/C12H14O7/c1-18-8-4-3-6(11(15)16)5-7(8)9(13)10(14)12(17)19-2/h3-5,9-10,13-14H,1-2H3,(H,15,16). The predicted molar refractivity (Wildman–Crippen MR) is 62.9 cm³/mol. The van der Waals surface area contributed by atoms with Crippen LogP contribution in [0.3, 0.4) is 0 Å². The molecule has 0 aliphatic rings. The van der Waals surface area contributed by atoms with Gasteiger partial charge in [0.15, 0.2) is 6.10 Å². The molecule has 0 fully saturated rings. The van der Waals surface area contributed by atoms with Crippen LogP contribution in [0.15, 0.2) is 18.2 Å².